The Labute approximate surface area is 80.2 Å². The van der Waals surface area contributed by atoms with E-state index in [-0.39, 0.29) is 0 Å². The molecule has 0 rings (SSSR count). The van der Waals surface area contributed by atoms with Gasteiger partial charge in [-0.1, -0.05) is 31.3 Å². The minimum atomic E-state index is 0.293. The summed E-state index contributed by atoms with van der Waals surface area (Å²) in [7, 11) is 0. The largest absolute Gasteiger partial charge is 0.409 e. The molecular weight excluding hydrogens is 166 g/mol. The van der Waals surface area contributed by atoms with E-state index in [1.54, 1.807) is 0 Å². The third-order valence-corrected chi connectivity index (χ3v) is 1.89. The number of nitrogens with zero attached hydrogens (tertiary/aromatic N) is 1. The molecule has 0 aromatic rings. The number of amidine groups is 1. The van der Waals surface area contributed by atoms with E-state index in [4.69, 9.17) is 10.9 Å². The molecule has 13 heavy (non-hydrogen) atoms. The molecule has 78 valence electrons. The molecule has 0 aliphatic carbocycles. The minimum Gasteiger partial charge on any atom is -0.409 e. The van der Waals surface area contributed by atoms with Gasteiger partial charge in [-0.15, -0.1) is 0 Å². The lowest BCUT2D eigenvalue weighted by atomic mass is 10.2. The monoisotopic (exact) mass is 187 g/mol. The molecule has 0 unspecified atom stereocenters. The van der Waals surface area contributed by atoms with Crippen LogP contribution in [0.15, 0.2) is 5.16 Å². The Balaban J connectivity index is 3.00. The Bertz CT molecular complexity index is 137. The number of unbranched alkanes of at least 4 members (excludes halogenated alkanes) is 3. The van der Waals surface area contributed by atoms with Crippen molar-refractivity contribution in [2.45, 2.75) is 39.0 Å². The van der Waals surface area contributed by atoms with Gasteiger partial charge in [0.05, 0.1) is 0 Å². The zero-order valence-electron chi connectivity index (χ0n) is 8.42. The first-order valence-electron chi connectivity index (χ1n) is 4.98. The molecule has 0 saturated heterocycles. The van der Waals surface area contributed by atoms with Crippen LogP contribution in [-0.4, -0.2) is 24.1 Å². The number of oxime groups is 1. The Hall–Kier alpha value is -0.770. The molecule has 0 aliphatic rings. The van der Waals surface area contributed by atoms with Gasteiger partial charge in [0.25, 0.3) is 0 Å². The second-order valence-electron chi connectivity index (χ2n) is 3.15. The standard InChI is InChI=1S/C9H21N3O/c1-2-3-4-5-7-11-8-6-9(10)12-13/h11,13H,2-8H2,1H3,(H2,10,12). The fourth-order valence-corrected chi connectivity index (χ4v) is 1.07. The third kappa shape index (κ3) is 9.14. The predicted octanol–water partition coefficient (Wildman–Crippen LogP) is 1.29. The summed E-state index contributed by atoms with van der Waals surface area (Å²) in [6.07, 6.45) is 5.69. The second kappa shape index (κ2) is 9.32. The van der Waals surface area contributed by atoms with Gasteiger partial charge < -0.3 is 16.3 Å². The average Bonchev–Trinajstić information content (AvgIpc) is 2.16. The van der Waals surface area contributed by atoms with E-state index in [0.29, 0.717) is 12.3 Å². The fourth-order valence-electron chi connectivity index (χ4n) is 1.07. The molecule has 0 atom stereocenters. The van der Waals surface area contributed by atoms with Crippen LogP contribution in [0.25, 0.3) is 0 Å². The lowest BCUT2D eigenvalue weighted by molar-refractivity contribution is 0.316. The summed E-state index contributed by atoms with van der Waals surface area (Å²) >= 11 is 0. The topological polar surface area (TPSA) is 70.6 Å². The van der Waals surface area contributed by atoms with Gasteiger partial charge in [-0.25, -0.2) is 0 Å². The zero-order chi connectivity index (χ0) is 9.94. The Kier molecular flexibility index (Phi) is 8.77. The van der Waals surface area contributed by atoms with Crippen molar-refractivity contribution in [2.24, 2.45) is 10.9 Å². The Morgan fingerprint density at radius 2 is 2.08 bits per heavy atom. The molecule has 4 heteroatoms. The Morgan fingerprint density at radius 3 is 2.69 bits per heavy atom. The molecule has 0 spiro atoms. The van der Waals surface area contributed by atoms with E-state index >= 15 is 0 Å². The maximum absolute atomic E-state index is 8.24. The minimum absolute atomic E-state index is 0.293. The van der Waals surface area contributed by atoms with Crippen LogP contribution in [0.1, 0.15) is 39.0 Å². The quantitative estimate of drug-likeness (QED) is 0.176. The number of hydrogen-bond acceptors (Lipinski definition) is 3. The van der Waals surface area contributed by atoms with Crippen LogP contribution in [0.4, 0.5) is 0 Å². The van der Waals surface area contributed by atoms with Crippen molar-refractivity contribution in [2.75, 3.05) is 13.1 Å². The molecule has 0 fully saturated rings. The van der Waals surface area contributed by atoms with Crippen LogP contribution in [0.2, 0.25) is 0 Å². The summed E-state index contributed by atoms with van der Waals surface area (Å²) in [6.45, 7) is 4.02. The van der Waals surface area contributed by atoms with E-state index in [9.17, 15) is 0 Å². The molecular formula is C9H21N3O. The predicted molar refractivity (Wildman–Crippen MR) is 55.0 cm³/mol. The zero-order valence-corrected chi connectivity index (χ0v) is 8.42. The highest BCUT2D eigenvalue weighted by molar-refractivity contribution is 5.79. The first kappa shape index (κ1) is 12.2. The summed E-state index contributed by atoms with van der Waals surface area (Å²) in [6, 6.07) is 0. The van der Waals surface area contributed by atoms with Crippen LogP contribution in [0.5, 0.6) is 0 Å². The van der Waals surface area contributed by atoms with Crippen LogP contribution >= 0.6 is 0 Å². The van der Waals surface area contributed by atoms with E-state index in [0.717, 1.165) is 13.1 Å². The van der Waals surface area contributed by atoms with Crippen molar-refractivity contribution in [1.82, 2.24) is 5.32 Å². The van der Waals surface area contributed by atoms with Gasteiger partial charge in [-0.2, -0.15) is 0 Å². The van der Waals surface area contributed by atoms with Gasteiger partial charge >= 0.3 is 0 Å². The Morgan fingerprint density at radius 1 is 1.31 bits per heavy atom. The van der Waals surface area contributed by atoms with Gasteiger partial charge in [0.15, 0.2) is 0 Å². The first-order valence-corrected chi connectivity index (χ1v) is 4.98. The molecule has 4 nitrogen and oxygen atoms in total. The highest BCUT2D eigenvalue weighted by atomic mass is 16.4. The molecule has 0 bridgehead atoms. The van der Waals surface area contributed by atoms with Gasteiger partial charge in [0.1, 0.15) is 5.84 Å². The number of hydrogen-bond donors (Lipinski definition) is 3. The molecule has 0 aromatic heterocycles. The summed E-state index contributed by atoms with van der Waals surface area (Å²) in [4.78, 5) is 0. The number of rotatable bonds is 8. The summed E-state index contributed by atoms with van der Waals surface area (Å²) in [5, 5.41) is 14.4. The van der Waals surface area contributed by atoms with Crippen LogP contribution in [0.3, 0.4) is 0 Å². The van der Waals surface area contributed by atoms with E-state index in [1.165, 1.54) is 25.7 Å². The highest BCUT2D eigenvalue weighted by Crippen LogP contribution is 1.96. The summed E-state index contributed by atoms with van der Waals surface area (Å²) in [5.74, 6) is 0.293. The van der Waals surface area contributed by atoms with E-state index in [2.05, 4.69) is 17.4 Å². The maximum Gasteiger partial charge on any atom is 0.140 e. The number of nitrogens with two attached hydrogens (primary N) is 1. The maximum atomic E-state index is 8.24. The van der Waals surface area contributed by atoms with E-state index < -0.39 is 0 Å². The SMILES string of the molecule is CCCCCCNCCC(N)=NO. The molecule has 4 N–H and O–H groups in total. The number of nitrogens with one attached hydrogen (secondary N) is 1. The smallest absolute Gasteiger partial charge is 0.140 e. The van der Waals surface area contributed by atoms with Crippen molar-refractivity contribution in [1.29, 1.82) is 0 Å². The third-order valence-electron chi connectivity index (χ3n) is 1.89. The van der Waals surface area contributed by atoms with Crippen LogP contribution < -0.4 is 11.1 Å². The summed E-state index contributed by atoms with van der Waals surface area (Å²) in [5.41, 5.74) is 5.30. The lowest BCUT2D eigenvalue weighted by Gasteiger charge is -2.02. The van der Waals surface area contributed by atoms with E-state index in [1.807, 2.05) is 0 Å². The molecule has 0 saturated carbocycles. The highest BCUT2D eigenvalue weighted by Gasteiger charge is 1.92. The van der Waals surface area contributed by atoms with Crippen molar-refractivity contribution >= 4 is 5.84 Å². The van der Waals surface area contributed by atoms with Crippen molar-refractivity contribution in [3.63, 3.8) is 0 Å². The van der Waals surface area contributed by atoms with Crippen molar-refractivity contribution < 1.29 is 5.21 Å². The lowest BCUT2D eigenvalue weighted by Crippen LogP contribution is -2.23. The van der Waals surface area contributed by atoms with Crippen LogP contribution in [-0.2, 0) is 0 Å². The van der Waals surface area contributed by atoms with Crippen molar-refractivity contribution in [3.8, 4) is 0 Å². The second-order valence-corrected chi connectivity index (χ2v) is 3.15. The van der Waals surface area contributed by atoms with Gasteiger partial charge in [0, 0.05) is 13.0 Å². The van der Waals surface area contributed by atoms with Crippen molar-refractivity contribution in [3.05, 3.63) is 0 Å². The first-order chi connectivity index (χ1) is 6.31. The average molecular weight is 187 g/mol. The molecule has 0 aromatic carbocycles. The molecule has 0 aliphatic heterocycles. The summed E-state index contributed by atoms with van der Waals surface area (Å²) < 4.78 is 0. The normalized spacial score (nSPS) is 11.9. The van der Waals surface area contributed by atoms with Crippen LogP contribution in [0, 0.1) is 0 Å². The molecule has 0 amide bonds. The fraction of sp³-hybridized carbons (Fsp3) is 0.889. The van der Waals surface area contributed by atoms with Gasteiger partial charge in [-0.05, 0) is 13.0 Å². The molecule has 0 radical (unpaired) electrons. The molecule has 0 heterocycles. The van der Waals surface area contributed by atoms with Gasteiger partial charge in [0.2, 0.25) is 0 Å². The van der Waals surface area contributed by atoms with Gasteiger partial charge in [-0.3, -0.25) is 0 Å².